The van der Waals surface area contributed by atoms with Gasteiger partial charge in [0.1, 0.15) is 5.82 Å². The molecule has 29 heavy (non-hydrogen) atoms. The van der Waals surface area contributed by atoms with Crippen molar-refractivity contribution in [3.05, 3.63) is 65.5 Å². The van der Waals surface area contributed by atoms with Gasteiger partial charge in [-0.1, -0.05) is 6.07 Å². The van der Waals surface area contributed by atoms with Gasteiger partial charge in [0.05, 0.1) is 4.90 Å². The van der Waals surface area contributed by atoms with Gasteiger partial charge >= 0.3 is 0 Å². The maximum atomic E-state index is 12.7. The standard InChI is InChI=1S/C22H23N3O3S/c1-15-6-11-19(29(2,27)28)13-20(15)22(26)24-17-9-7-16(8-10-17)21-23-14-18-5-3-4-12-25(18)21/h6-11,13-14H,3-5,12H2,1-2H3,(H,24,26). The van der Waals surface area contributed by atoms with E-state index in [-0.39, 0.29) is 10.8 Å². The number of rotatable bonds is 4. The third-order valence-electron chi connectivity index (χ3n) is 5.29. The molecule has 2 aromatic carbocycles. The van der Waals surface area contributed by atoms with Crippen LogP contribution in [0.4, 0.5) is 5.69 Å². The van der Waals surface area contributed by atoms with Crippen LogP contribution in [-0.2, 0) is 22.8 Å². The van der Waals surface area contributed by atoms with Crippen molar-refractivity contribution in [2.75, 3.05) is 11.6 Å². The van der Waals surface area contributed by atoms with Crippen LogP contribution in [0.1, 0.15) is 34.5 Å². The van der Waals surface area contributed by atoms with Crippen LogP contribution in [0.15, 0.2) is 53.6 Å². The van der Waals surface area contributed by atoms with Gasteiger partial charge in [0, 0.05) is 41.5 Å². The molecule has 0 atom stereocenters. The second kappa shape index (κ2) is 7.48. The number of hydrogen-bond donors (Lipinski definition) is 1. The number of sulfone groups is 1. The SMILES string of the molecule is Cc1ccc(S(C)(=O)=O)cc1C(=O)Nc1ccc(-c2ncc3n2CCCC3)cc1. The highest BCUT2D eigenvalue weighted by Crippen LogP contribution is 2.26. The maximum absolute atomic E-state index is 12.7. The number of fused-ring (bicyclic) bond motifs is 1. The molecule has 0 unspecified atom stereocenters. The van der Waals surface area contributed by atoms with E-state index in [0.717, 1.165) is 42.6 Å². The number of carbonyl (C=O) groups is 1. The van der Waals surface area contributed by atoms with Crippen LogP contribution in [0.3, 0.4) is 0 Å². The predicted octanol–water partition coefficient (Wildman–Crippen LogP) is 3.85. The molecule has 6 nitrogen and oxygen atoms in total. The molecule has 0 bridgehead atoms. The number of nitrogens with zero attached hydrogens (tertiary/aromatic N) is 2. The number of aromatic nitrogens is 2. The smallest absolute Gasteiger partial charge is 0.255 e. The van der Waals surface area contributed by atoms with Gasteiger partial charge in [-0.15, -0.1) is 0 Å². The van der Waals surface area contributed by atoms with Crippen LogP contribution < -0.4 is 5.32 Å². The lowest BCUT2D eigenvalue weighted by atomic mass is 10.1. The number of carbonyl (C=O) groups excluding carboxylic acids is 1. The van der Waals surface area contributed by atoms with Crippen molar-refractivity contribution in [3.8, 4) is 11.4 Å². The van der Waals surface area contributed by atoms with Gasteiger partial charge in [-0.3, -0.25) is 4.79 Å². The van der Waals surface area contributed by atoms with Gasteiger partial charge in [0.25, 0.3) is 5.91 Å². The van der Waals surface area contributed by atoms with Gasteiger partial charge in [0.2, 0.25) is 0 Å². The Hall–Kier alpha value is -2.93. The molecule has 1 N–H and O–H groups in total. The lowest BCUT2D eigenvalue weighted by molar-refractivity contribution is 0.102. The number of anilines is 1. The number of aryl methyl sites for hydroxylation is 2. The van der Waals surface area contributed by atoms with Crippen molar-refractivity contribution in [2.45, 2.75) is 37.6 Å². The fourth-order valence-corrected chi connectivity index (χ4v) is 4.29. The van der Waals surface area contributed by atoms with Crippen LogP contribution in [-0.4, -0.2) is 30.1 Å². The molecule has 0 fully saturated rings. The van der Waals surface area contributed by atoms with E-state index in [1.165, 1.54) is 24.2 Å². The van der Waals surface area contributed by atoms with Crippen molar-refractivity contribution in [3.63, 3.8) is 0 Å². The van der Waals surface area contributed by atoms with Gasteiger partial charge in [-0.05, 0) is 68.1 Å². The summed E-state index contributed by atoms with van der Waals surface area (Å²) in [4.78, 5) is 17.4. The fourth-order valence-electron chi connectivity index (χ4n) is 3.64. The summed E-state index contributed by atoms with van der Waals surface area (Å²) in [5.41, 5.74) is 3.99. The van der Waals surface area contributed by atoms with Crippen molar-refractivity contribution >= 4 is 21.4 Å². The minimum Gasteiger partial charge on any atom is -0.328 e. The second-order valence-electron chi connectivity index (χ2n) is 7.46. The molecule has 3 aromatic rings. The molecule has 7 heteroatoms. The van der Waals surface area contributed by atoms with E-state index in [4.69, 9.17) is 0 Å². The maximum Gasteiger partial charge on any atom is 0.255 e. The molecule has 150 valence electrons. The van der Waals surface area contributed by atoms with E-state index in [2.05, 4.69) is 14.9 Å². The van der Waals surface area contributed by atoms with Gasteiger partial charge < -0.3 is 9.88 Å². The third kappa shape index (κ3) is 3.96. The van der Waals surface area contributed by atoms with E-state index in [9.17, 15) is 13.2 Å². The van der Waals surface area contributed by atoms with Gasteiger partial charge in [-0.2, -0.15) is 0 Å². The summed E-state index contributed by atoms with van der Waals surface area (Å²) in [6.07, 6.45) is 6.51. The zero-order valence-corrected chi connectivity index (χ0v) is 17.3. The van der Waals surface area contributed by atoms with E-state index < -0.39 is 9.84 Å². The molecule has 0 spiro atoms. The van der Waals surface area contributed by atoms with Crippen LogP contribution in [0.5, 0.6) is 0 Å². The van der Waals surface area contributed by atoms with Crippen molar-refractivity contribution in [1.29, 1.82) is 0 Å². The molecule has 1 aliphatic heterocycles. The summed E-state index contributed by atoms with van der Waals surface area (Å²) in [5.74, 6) is 0.619. The number of benzene rings is 2. The molecule has 1 aliphatic rings. The second-order valence-corrected chi connectivity index (χ2v) is 9.48. The Balaban J connectivity index is 1.55. The van der Waals surface area contributed by atoms with Crippen LogP contribution in [0.25, 0.3) is 11.4 Å². The summed E-state index contributed by atoms with van der Waals surface area (Å²) < 4.78 is 25.8. The first kappa shape index (κ1) is 19.4. The molecule has 0 saturated carbocycles. The Morgan fingerprint density at radius 3 is 2.59 bits per heavy atom. The fraction of sp³-hybridized carbons (Fsp3) is 0.273. The van der Waals surface area contributed by atoms with E-state index >= 15 is 0 Å². The average molecular weight is 410 g/mol. The van der Waals surface area contributed by atoms with Crippen LogP contribution >= 0.6 is 0 Å². The van der Waals surface area contributed by atoms with E-state index in [1.54, 1.807) is 13.0 Å². The summed E-state index contributed by atoms with van der Waals surface area (Å²) in [6, 6.07) is 12.2. The first-order valence-electron chi connectivity index (χ1n) is 9.60. The number of amides is 1. The monoisotopic (exact) mass is 409 g/mol. The molecule has 0 radical (unpaired) electrons. The van der Waals surface area contributed by atoms with Crippen LogP contribution in [0, 0.1) is 6.92 Å². The molecule has 4 rings (SSSR count). The predicted molar refractivity (Wildman–Crippen MR) is 113 cm³/mol. The quantitative estimate of drug-likeness (QED) is 0.710. The van der Waals surface area contributed by atoms with E-state index in [0.29, 0.717) is 11.3 Å². The van der Waals surface area contributed by atoms with Crippen molar-refractivity contribution in [1.82, 2.24) is 9.55 Å². The van der Waals surface area contributed by atoms with Gasteiger partial charge in [-0.25, -0.2) is 13.4 Å². The zero-order chi connectivity index (χ0) is 20.6. The van der Waals surface area contributed by atoms with Crippen molar-refractivity contribution < 1.29 is 13.2 Å². The molecule has 0 aliphatic carbocycles. The lowest BCUT2D eigenvalue weighted by Gasteiger charge is -2.16. The first-order chi connectivity index (χ1) is 13.8. The third-order valence-corrected chi connectivity index (χ3v) is 6.40. The zero-order valence-electron chi connectivity index (χ0n) is 16.5. The highest BCUT2D eigenvalue weighted by molar-refractivity contribution is 7.90. The normalized spacial score (nSPS) is 13.7. The Morgan fingerprint density at radius 2 is 1.86 bits per heavy atom. The Morgan fingerprint density at radius 1 is 1.10 bits per heavy atom. The molecular formula is C22H23N3O3S. The minimum atomic E-state index is -3.38. The Kier molecular flexibility index (Phi) is 5.00. The number of imidazole rings is 1. The highest BCUT2D eigenvalue weighted by atomic mass is 32.2. The molecule has 0 saturated heterocycles. The highest BCUT2D eigenvalue weighted by Gasteiger charge is 2.17. The summed E-state index contributed by atoms with van der Waals surface area (Å²) >= 11 is 0. The summed E-state index contributed by atoms with van der Waals surface area (Å²) in [6.45, 7) is 2.77. The molecule has 2 heterocycles. The summed E-state index contributed by atoms with van der Waals surface area (Å²) in [5, 5.41) is 2.85. The van der Waals surface area contributed by atoms with E-state index in [1.807, 2.05) is 30.5 Å². The molecular weight excluding hydrogens is 386 g/mol. The van der Waals surface area contributed by atoms with Gasteiger partial charge in [0.15, 0.2) is 9.84 Å². The lowest BCUT2D eigenvalue weighted by Crippen LogP contribution is -2.14. The largest absolute Gasteiger partial charge is 0.328 e. The minimum absolute atomic E-state index is 0.132. The van der Waals surface area contributed by atoms with Crippen LogP contribution in [0.2, 0.25) is 0 Å². The summed E-state index contributed by atoms with van der Waals surface area (Å²) in [7, 11) is -3.38. The first-order valence-corrected chi connectivity index (χ1v) is 11.5. The Labute approximate surface area is 170 Å². The Bertz CT molecular complexity index is 1180. The molecule has 1 amide bonds. The number of hydrogen-bond acceptors (Lipinski definition) is 4. The topological polar surface area (TPSA) is 81.1 Å². The number of nitrogens with one attached hydrogen (secondary N) is 1. The molecule has 1 aromatic heterocycles. The van der Waals surface area contributed by atoms with Crippen molar-refractivity contribution in [2.24, 2.45) is 0 Å². The average Bonchev–Trinajstić information content (AvgIpc) is 3.12.